The first-order valence-corrected chi connectivity index (χ1v) is 11.2. The van der Waals surface area contributed by atoms with Crippen molar-refractivity contribution < 1.29 is 23.5 Å². The van der Waals surface area contributed by atoms with Crippen molar-refractivity contribution in [1.82, 2.24) is 4.90 Å². The molecule has 2 amide bonds. The molecule has 0 bridgehead atoms. The zero-order chi connectivity index (χ0) is 22.5. The number of thioether (sulfide) groups is 1. The fourth-order valence-corrected chi connectivity index (χ4v) is 4.63. The summed E-state index contributed by atoms with van der Waals surface area (Å²) in [6.45, 7) is 2.38. The predicted molar refractivity (Wildman–Crippen MR) is 121 cm³/mol. The minimum Gasteiger partial charge on any atom is -0.467 e. The standard InChI is InChI=1S/C24H22N2O5S/c1-2-30-24(29)19-7-3-4-8-20(19)25-22(28)16-9-11-17(12-10-16)23-26(21(27)15-32-23)14-18-6-5-13-31-18/h3-13,23H,2,14-15H2,1H3,(H,25,28). The summed E-state index contributed by atoms with van der Waals surface area (Å²) in [6, 6.07) is 17.5. The number of nitrogens with one attached hydrogen (secondary N) is 1. The molecule has 7 nitrogen and oxygen atoms in total. The number of carbonyl (C=O) groups is 3. The normalized spacial score (nSPS) is 15.6. The lowest BCUT2D eigenvalue weighted by atomic mass is 10.1. The number of esters is 1. The van der Waals surface area contributed by atoms with E-state index in [9.17, 15) is 14.4 Å². The van der Waals surface area contributed by atoms with E-state index in [1.807, 2.05) is 18.2 Å². The zero-order valence-electron chi connectivity index (χ0n) is 17.4. The molecule has 1 saturated heterocycles. The smallest absolute Gasteiger partial charge is 0.340 e. The Morgan fingerprint density at radius 2 is 1.91 bits per heavy atom. The van der Waals surface area contributed by atoms with Crippen molar-refractivity contribution in [3.05, 3.63) is 89.4 Å². The van der Waals surface area contributed by atoms with Gasteiger partial charge >= 0.3 is 5.97 Å². The number of ether oxygens (including phenoxy) is 1. The molecule has 1 aliphatic heterocycles. The van der Waals surface area contributed by atoms with Crippen LogP contribution in [0.25, 0.3) is 0 Å². The molecular weight excluding hydrogens is 428 g/mol. The lowest BCUT2D eigenvalue weighted by molar-refractivity contribution is -0.128. The monoisotopic (exact) mass is 450 g/mol. The van der Waals surface area contributed by atoms with Crippen LogP contribution in [0.5, 0.6) is 0 Å². The van der Waals surface area contributed by atoms with Gasteiger partial charge in [-0.1, -0.05) is 24.3 Å². The average molecular weight is 451 g/mol. The largest absolute Gasteiger partial charge is 0.467 e. The van der Waals surface area contributed by atoms with Crippen molar-refractivity contribution >= 4 is 35.2 Å². The Bertz CT molecular complexity index is 1110. The highest BCUT2D eigenvalue weighted by Crippen LogP contribution is 2.39. The molecule has 164 valence electrons. The topological polar surface area (TPSA) is 88.8 Å². The predicted octanol–water partition coefficient (Wildman–Crippen LogP) is 4.48. The van der Waals surface area contributed by atoms with E-state index in [0.29, 0.717) is 29.1 Å². The number of amides is 2. The molecule has 8 heteroatoms. The number of benzene rings is 2. The fraction of sp³-hybridized carbons (Fsp3) is 0.208. The van der Waals surface area contributed by atoms with Gasteiger partial charge < -0.3 is 19.4 Å². The maximum atomic E-state index is 12.8. The van der Waals surface area contributed by atoms with Crippen LogP contribution in [0.4, 0.5) is 5.69 Å². The molecule has 0 spiro atoms. The number of carbonyl (C=O) groups excluding carboxylic acids is 3. The Morgan fingerprint density at radius 3 is 2.62 bits per heavy atom. The Balaban J connectivity index is 1.47. The van der Waals surface area contributed by atoms with Crippen LogP contribution < -0.4 is 5.32 Å². The summed E-state index contributed by atoms with van der Waals surface area (Å²) < 4.78 is 10.4. The summed E-state index contributed by atoms with van der Waals surface area (Å²) in [5, 5.41) is 2.63. The van der Waals surface area contributed by atoms with Gasteiger partial charge in [-0.15, -0.1) is 11.8 Å². The first-order chi connectivity index (χ1) is 15.6. The van der Waals surface area contributed by atoms with Gasteiger partial charge in [0.05, 0.1) is 36.4 Å². The van der Waals surface area contributed by atoms with Gasteiger partial charge in [0.25, 0.3) is 5.91 Å². The van der Waals surface area contributed by atoms with E-state index in [1.165, 1.54) is 0 Å². The number of para-hydroxylation sites is 1. The number of furan rings is 1. The maximum Gasteiger partial charge on any atom is 0.340 e. The molecule has 1 atom stereocenters. The highest BCUT2D eigenvalue weighted by Gasteiger charge is 2.33. The Kier molecular flexibility index (Phi) is 6.61. The third kappa shape index (κ3) is 4.70. The summed E-state index contributed by atoms with van der Waals surface area (Å²) in [7, 11) is 0. The Morgan fingerprint density at radius 1 is 1.12 bits per heavy atom. The van der Waals surface area contributed by atoms with E-state index in [4.69, 9.17) is 9.15 Å². The van der Waals surface area contributed by atoms with Gasteiger partial charge in [-0.25, -0.2) is 4.79 Å². The third-order valence-corrected chi connectivity index (χ3v) is 6.26. The first-order valence-electron chi connectivity index (χ1n) is 10.2. The second-order valence-electron chi connectivity index (χ2n) is 7.11. The molecule has 1 fully saturated rings. The molecule has 4 rings (SSSR count). The minimum absolute atomic E-state index is 0.0498. The van der Waals surface area contributed by atoms with E-state index in [1.54, 1.807) is 72.3 Å². The van der Waals surface area contributed by atoms with Crippen molar-refractivity contribution in [2.24, 2.45) is 0 Å². The van der Waals surface area contributed by atoms with Crippen LogP contribution >= 0.6 is 11.8 Å². The molecular formula is C24H22N2O5S. The molecule has 3 aromatic rings. The minimum atomic E-state index is -0.488. The van der Waals surface area contributed by atoms with Crippen molar-refractivity contribution in [2.45, 2.75) is 18.8 Å². The van der Waals surface area contributed by atoms with Crippen molar-refractivity contribution in [2.75, 3.05) is 17.7 Å². The fourth-order valence-electron chi connectivity index (χ4n) is 3.44. The Hall–Kier alpha value is -3.52. The van der Waals surface area contributed by atoms with Gasteiger partial charge in [0.15, 0.2) is 0 Å². The van der Waals surface area contributed by atoms with E-state index < -0.39 is 5.97 Å². The summed E-state index contributed by atoms with van der Waals surface area (Å²) in [6.07, 6.45) is 1.59. The van der Waals surface area contributed by atoms with Crippen LogP contribution in [0.1, 0.15) is 44.3 Å². The molecule has 1 aromatic heterocycles. The lowest BCUT2D eigenvalue weighted by Crippen LogP contribution is -2.27. The highest BCUT2D eigenvalue weighted by atomic mass is 32.2. The second-order valence-corrected chi connectivity index (χ2v) is 8.18. The Labute approximate surface area is 189 Å². The number of nitrogens with zero attached hydrogens (tertiary/aromatic N) is 1. The van der Waals surface area contributed by atoms with Gasteiger partial charge in [-0.05, 0) is 48.9 Å². The quantitative estimate of drug-likeness (QED) is 0.534. The zero-order valence-corrected chi connectivity index (χ0v) is 18.3. The lowest BCUT2D eigenvalue weighted by Gasteiger charge is -2.23. The number of hydrogen-bond donors (Lipinski definition) is 1. The average Bonchev–Trinajstić information content (AvgIpc) is 3.45. The van der Waals surface area contributed by atoms with E-state index >= 15 is 0 Å². The number of hydrogen-bond acceptors (Lipinski definition) is 6. The first kappa shape index (κ1) is 21.7. The molecule has 2 heterocycles. The number of anilines is 1. The van der Waals surface area contributed by atoms with Crippen LogP contribution in [-0.2, 0) is 16.1 Å². The molecule has 1 unspecified atom stereocenters. The van der Waals surface area contributed by atoms with Crippen molar-refractivity contribution in [3.63, 3.8) is 0 Å². The highest BCUT2D eigenvalue weighted by molar-refractivity contribution is 8.00. The van der Waals surface area contributed by atoms with Crippen LogP contribution in [0.15, 0.2) is 71.3 Å². The summed E-state index contributed by atoms with van der Waals surface area (Å²) in [5.41, 5.74) is 2.06. The SMILES string of the molecule is CCOC(=O)c1ccccc1NC(=O)c1ccc(C2SCC(=O)N2Cc2ccco2)cc1. The molecule has 0 aliphatic carbocycles. The maximum absolute atomic E-state index is 12.8. The molecule has 32 heavy (non-hydrogen) atoms. The van der Waals surface area contributed by atoms with Gasteiger partial charge in [0.1, 0.15) is 11.1 Å². The van der Waals surface area contributed by atoms with Crippen LogP contribution in [-0.4, -0.2) is 35.0 Å². The van der Waals surface area contributed by atoms with Crippen LogP contribution in [0.2, 0.25) is 0 Å². The molecule has 2 aromatic carbocycles. The van der Waals surface area contributed by atoms with Crippen molar-refractivity contribution in [1.29, 1.82) is 0 Å². The summed E-state index contributed by atoms with van der Waals surface area (Å²) in [4.78, 5) is 39.0. The van der Waals surface area contributed by atoms with Gasteiger partial charge in [0.2, 0.25) is 5.91 Å². The summed E-state index contributed by atoms with van der Waals surface area (Å²) >= 11 is 1.54. The molecule has 1 N–H and O–H groups in total. The van der Waals surface area contributed by atoms with Crippen LogP contribution in [0.3, 0.4) is 0 Å². The van der Waals surface area contributed by atoms with E-state index in [2.05, 4.69) is 5.32 Å². The number of rotatable bonds is 7. The summed E-state index contributed by atoms with van der Waals surface area (Å²) in [5.74, 6) is 0.350. The van der Waals surface area contributed by atoms with E-state index in [0.717, 1.165) is 11.3 Å². The van der Waals surface area contributed by atoms with Gasteiger partial charge in [-0.2, -0.15) is 0 Å². The second kappa shape index (κ2) is 9.74. The van der Waals surface area contributed by atoms with Crippen LogP contribution in [0, 0.1) is 0 Å². The van der Waals surface area contributed by atoms with Gasteiger partial charge in [0, 0.05) is 5.56 Å². The molecule has 1 aliphatic rings. The van der Waals surface area contributed by atoms with Gasteiger partial charge in [-0.3, -0.25) is 9.59 Å². The molecule has 0 radical (unpaired) electrons. The molecule has 0 saturated carbocycles. The van der Waals surface area contributed by atoms with Crippen molar-refractivity contribution in [3.8, 4) is 0 Å². The third-order valence-electron chi connectivity index (χ3n) is 5.00. The van der Waals surface area contributed by atoms with E-state index in [-0.39, 0.29) is 23.8 Å².